The van der Waals surface area contributed by atoms with E-state index in [1.807, 2.05) is 55.5 Å². The third-order valence-electron chi connectivity index (χ3n) is 7.98. The number of nitrogens with zero attached hydrogens (tertiary/aromatic N) is 1. The standard InChI is InChI=1S/C35H35ClN2O4/c1-21-28(36)10-8-12-29(21)37-31(39)20-42-34(40)32-26-9-6-7-11-30(26)38-33-23(17-22-13-15-25(41-5)16-14-22)18-24(19-27(32)33)35(2,3)4/h6-17,24H,18-20H2,1-5H3,(H,37,39)/b23-17-. The van der Waals surface area contributed by atoms with E-state index < -0.39 is 18.5 Å². The first kappa shape index (κ1) is 29.3. The second-order valence-electron chi connectivity index (χ2n) is 11.8. The minimum atomic E-state index is -0.541. The van der Waals surface area contributed by atoms with Crippen LogP contribution >= 0.6 is 11.6 Å². The number of halogens is 1. The molecule has 42 heavy (non-hydrogen) atoms. The van der Waals surface area contributed by atoms with Crippen molar-refractivity contribution in [2.24, 2.45) is 11.3 Å². The van der Waals surface area contributed by atoms with Gasteiger partial charge in [-0.15, -0.1) is 0 Å². The van der Waals surface area contributed by atoms with E-state index in [0.717, 1.165) is 40.1 Å². The van der Waals surface area contributed by atoms with Gasteiger partial charge in [-0.3, -0.25) is 4.79 Å². The number of esters is 1. The Balaban J connectivity index is 1.53. The Bertz CT molecular complexity index is 1690. The molecular weight excluding hydrogens is 548 g/mol. The summed E-state index contributed by atoms with van der Waals surface area (Å²) in [5, 5.41) is 4.06. The molecular formula is C35H35ClN2O4. The molecule has 1 atom stereocenters. The number of aromatic nitrogens is 1. The van der Waals surface area contributed by atoms with Crippen LogP contribution in [-0.4, -0.2) is 30.6 Å². The van der Waals surface area contributed by atoms with Crippen LogP contribution in [0.5, 0.6) is 5.75 Å². The Labute approximate surface area is 251 Å². The molecule has 7 heteroatoms. The molecule has 6 nitrogen and oxygen atoms in total. The number of rotatable bonds is 6. The summed E-state index contributed by atoms with van der Waals surface area (Å²) in [6.45, 7) is 8.07. The van der Waals surface area contributed by atoms with E-state index in [1.54, 1.807) is 25.3 Å². The number of anilines is 1. The molecule has 1 aliphatic rings. The summed E-state index contributed by atoms with van der Waals surface area (Å²) in [7, 11) is 1.65. The van der Waals surface area contributed by atoms with Gasteiger partial charge in [0.1, 0.15) is 5.75 Å². The molecule has 0 saturated heterocycles. The number of ether oxygens (including phenoxy) is 2. The SMILES string of the molecule is COc1ccc(/C=C2/CC(C(C)(C)C)Cc3c2nc2ccccc2c3C(=O)OCC(=O)Nc2cccc(Cl)c2C)cc1. The highest BCUT2D eigenvalue weighted by Crippen LogP contribution is 2.45. The molecule has 0 fully saturated rings. The molecule has 1 aromatic heterocycles. The maximum absolute atomic E-state index is 13.8. The van der Waals surface area contributed by atoms with Crippen LogP contribution < -0.4 is 10.1 Å². The molecule has 1 heterocycles. The zero-order valence-electron chi connectivity index (χ0n) is 24.6. The van der Waals surface area contributed by atoms with Gasteiger partial charge in [0.15, 0.2) is 6.61 Å². The number of benzene rings is 3. The van der Waals surface area contributed by atoms with Crippen molar-refractivity contribution in [2.45, 2.75) is 40.5 Å². The molecule has 0 bridgehead atoms. The van der Waals surface area contributed by atoms with Crippen LogP contribution in [0.15, 0.2) is 66.7 Å². The van der Waals surface area contributed by atoms with E-state index in [1.165, 1.54) is 0 Å². The number of fused-ring (bicyclic) bond motifs is 2. The maximum Gasteiger partial charge on any atom is 0.339 e. The van der Waals surface area contributed by atoms with Crippen LogP contribution in [0.3, 0.4) is 0 Å². The zero-order valence-corrected chi connectivity index (χ0v) is 25.3. The fraction of sp³-hybridized carbons (Fsp3) is 0.286. The third kappa shape index (κ3) is 6.19. The van der Waals surface area contributed by atoms with Crippen molar-refractivity contribution in [2.75, 3.05) is 19.0 Å². The number of hydrogen-bond donors (Lipinski definition) is 1. The van der Waals surface area contributed by atoms with Crippen molar-refractivity contribution in [3.05, 3.63) is 99.7 Å². The van der Waals surface area contributed by atoms with Crippen molar-refractivity contribution < 1.29 is 19.1 Å². The van der Waals surface area contributed by atoms with Gasteiger partial charge in [0, 0.05) is 16.1 Å². The van der Waals surface area contributed by atoms with Gasteiger partial charge in [-0.1, -0.05) is 68.8 Å². The monoisotopic (exact) mass is 582 g/mol. The van der Waals surface area contributed by atoms with E-state index in [0.29, 0.717) is 33.6 Å². The Morgan fingerprint density at radius 2 is 1.76 bits per heavy atom. The van der Waals surface area contributed by atoms with Gasteiger partial charge in [0.2, 0.25) is 0 Å². The predicted octanol–water partition coefficient (Wildman–Crippen LogP) is 8.15. The van der Waals surface area contributed by atoms with Crippen LogP contribution in [0.4, 0.5) is 5.69 Å². The van der Waals surface area contributed by atoms with Gasteiger partial charge >= 0.3 is 5.97 Å². The number of carbonyl (C=O) groups is 2. The topological polar surface area (TPSA) is 77.5 Å². The number of hydrogen-bond acceptors (Lipinski definition) is 5. The molecule has 1 amide bonds. The van der Waals surface area contributed by atoms with Crippen molar-refractivity contribution in [1.29, 1.82) is 0 Å². The quantitative estimate of drug-likeness (QED) is 0.232. The summed E-state index contributed by atoms with van der Waals surface area (Å²) in [6.07, 6.45) is 3.65. The summed E-state index contributed by atoms with van der Waals surface area (Å²) in [5.41, 5.74) is 6.24. The Kier molecular flexibility index (Phi) is 8.37. The average Bonchev–Trinajstić information content (AvgIpc) is 2.97. The molecule has 3 aromatic carbocycles. The van der Waals surface area contributed by atoms with Crippen LogP contribution in [0.2, 0.25) is 5.02 Å². The molecule has 216 valence electrons. The summed E-state index contributed by atoms with van der Waals surface area (Å²) in [4.78, 5) is 31.7. The summed E-state index contributed by atoms with van der Waals surface area (Å²) >= 11 is 6.20. The molecule has 5 rings (SSSR count). The first-order valence-corrected chi connectivity index (χ1v) is 14.4. The number of allylic oxidation sites excluding steroid dienone is 1. The fourth-order valence-electron chi connectivity index (χ4n) is 5.40. The highest BCUT2D eigenvalue weighted by molar-refractivity contribution is 6.31. The molecule has 1 aliphatic carbocycles. The first-order chi connectivity index (χ1) is 20.0. The summed E-state index contributed by atoms with van der Waals surface area (Å²) in [5.74, 6) is 0.0744. The molecule has 0 saturated carbocycles. The predicted molar refractivity (Wildman–Crippen MR) is 169 cm³/mol. The van der Waals surface area contributed by atoms with E-state index in [4.69, 9.17) is 26.1 Å². The van der Waals surface area contributed by atoms with E-state index >= 15 is 0 Å². The highest BCUT2D eigenvalue weighted by atomic mass is 35.5. The van der Waals surface area contributed by atoms with Gasteiger partial charge in [-0.05, 0) is 89.8 Å². The highest BCUT2D eigenvalue weighted by Gasteiger charge is 2.35. The van der Waals surface area contributed by atoms with Gasteiger partial charge < -0.3 is 14.8 Å². The molecule has 0 radical (unpaired) electrons. The summed E-state index contributed by atoms with van der Waals surface area (Å²) < 4.78 is 11.0. The molecule has 4 aromatic rings. The third-order valence-corrected chi connectivity index (χ3v) is 8.39. The Morgan fingerprint density at radius 1 is 1.02 bits per heavy atom. The van der Waals surface area contributed by atoms with Crippen LogP contribution in [0.25, 0.3) is 22.6 Å². The molecule has 0 aliphatic heterocycles. The lowest BCUT2D eigenvalue weighted by Crippen LogP contribution is -2.29. The number of carbonyl (C=O) groups excluding carboxylic acids is 2. The number of amides is 1. The van der Waals surface area contributed by atoms with Gasteiger partial charge in [-0.2, -0.15) is 0 Å². The van der Waals surface area contributed by atoms with Gasteiger partial charge in [-0.25, -0.2) is 9.78 Å². The largest absolute Gasteiger partial charge is 0.497 e. The van der Waals surface area contributed by atoms with Crippen LogP contribution in [-0.2, 0) is 16.0 Å². The number of pyridine rings is 1. The minimum Gasteiger partial charge on any atom is -0.497 e. The summed E-state index contributed by atoms with van der Waals surface area (Å²) in [6, 6.07) is 20.8. The zero-order chi connectivity index (χ0) is 30.0. The minimum absolute atomic E-state index is 0.0157. The smallest absolute Gasteiger partial charge is 0.339 e. The maximum atomic E-state index is 13.8. The lowest BCUT2D eigenvalue weighted by atomic mass is 9.69. The Morgan fingerprint density at radius 3 is 2.48 bits per heavy atom. The van der Waals surface area contributed by atoms with Crippen LogP contribution in [0, 0.1) is 18.3 Å². The lowest BCUT2D eigenvalue weighted by Gasteiger charge is -2.36. The lowest BCUT2D eigenvalue weighted by molar-refractivity contribution is -0.119. The second-order valence-corrected chi connectivity index (χ2v) is 12.2. The first-order valence-electron chi connectivity index (χ1n) is 14.0. The number of nitrogens with one attached hydrogen (secondary N) is 1. The van der Waals surface area contributed by atoms with Crippen molar-refractivity contribution in [3.63, 3.8) is 0 Å². The molecule has 1 unspecified atom stereocenters. The normalized spacial score (nSPS) is 15.8. The van der Waals surface area contributed by atoms with Crippen molar-refractivity contribution in [3.8, 4) is 5.75 Å². The molecule has 1 N–H and O–H groups in total. The van der Waals surface area contributed by atoms with E-state index in [-0.39, 0.29) is 11.3 Å². The number of para-hydroxylation sites is 1. The van der Waals surface area contributed by atoms with Crippen molar-refractivity contribution in [1.82, 2.24) is 4.98 Å². The second kappa shape index (κ2) is 12.0. The fourth-order valence-corrected chi connectivity index (χ4v) is 5.58. The van der Waals surface area contributed by atoms with E-state index in [2.05, 4.69) is 32.2 Å². The van der Waals surface area contributed by atoms with Gasteiger partial charge in [0.05, 0.1) is 23.9 Å². The van der Waals surface area contributed by atoms with E-state index in [9.17, 15) is 9.59 Å². The average molecular weight is 583 g/mol. The van der Waals surface area contributed by atoms with Crippen molar-refractivity contribution >= 4 is 51.7 Å². The van der Waals surface area contributed by atoms with Crippen LogP contribution in [0.1, 0.15) is 59.9 Å². The number of methoxy groups -OCH3 is 1. The molecule has 0 spiro atoms. The van der Waals surface area contributed by atoms with Gasteiger partial charge in [0.25, 0.3) is 5.91 Å². The Hall–Kier alpha value is -4.16.